The zero-order valence-electron chi connectivity index (χ0n) is 19.5. The lowest BCUT2D eigenvalue weighted by Crippen LogP contribution is -2.60. The SMILES string of the molecule is O=C(OC12CC3CC(C1)CC(C(=O)Oc1c(F)c(F)c(S(=O)(=O)[O-])c(F)c1F)(C3)C2)c1c(Br)cc(Br)cc1Br. The largest absolute Gasteiger partial charge is 0.744 e. The fourth-order valence-electron chi connectivity index (χ4n) is 6.62. The molecular weight excluding hydrogens is 748 g/mol. The summed E-state index contributed by atoms with van der Waals surface area (Å²) in [5.74, 6) is -13.5. The van der Waals surface area contributed by atoms with Crippen molar-refractivity contribution in [3.05, 3.63) is 54.4 Å². The van der Waals surface area contributed by atoms with E-state index in [9.17, 15) is 40.1 Å². The Bertz CT molecular complexity index is 1480. The quantitative estimate of drug-likeness (QED) is 0.112. The molecule has 210 valence electrons. The van der Waals surface area contributed by atoms with Gasteiger partial charge in [-0.05, 0) is 87.9 Å². The third-order valence-electron chi connectivity index (χ3n) is 7.59. The molecule has 4 saturated carbocycles. The van der Waals surface area contributed by atoms with Crippen molar-refractivity contribution in [2.75, 3.05) is 0 Å². The molecular formula is C24H16Br3F4O7S-. The molecule has 0 aliphatic heterocycles. The molecule has 0 radical (unpaired) electrons. The van der Waals surface area contributed by atoms with E-state index in [1.54, 1.807) is 12.1 Å². The monoisotopic (exact) mass is 761 g/mol. The van der Waals surface area contributed by atoms with E-state index in [0.717, 1.165) is 6.42 Å². The van der Waals surface area contributed by atoms with Crippen molar-refractivity contribution in [3.8, 4) is 5.75 Å². The third-order valence-corrected chi connectivity index (χ3v) is 10.2. The van der Waals surface area contributed by atoms with E-state index in [0.29, 0.717) is 26.3 Å². The van der Waals surface area contributed by atoms with Gasteiger partial charge in [0.1, 0.15) is 20.6 Å². The summed E-state index contributed by atoms with van der Waals surface area (Å²) < 4.78 is 103. The highest BCUT2D eigenvalue weighted by atomic mass is 79.9. The van der Waals surface area contributed by atoms with Crippen LogP contribution in [0.25, 0.3) is 0 Å². The lowest BCUT2D eigenvalue weighted by Gasteiger charge is -2.59. The Morgan fingerprint density at radius 1 is 0.897 bits per heavy atom. The number of hydrogen-bond donors (Lipinski definition) is 0. The normalized spacial score (nSPS) is 27.5. The van der Waals surface area contributed by atoms with Crippen LogP contribution in [0.3, 0.4) is 0 Å². The molecule has 4 bridgehead atoms. The highest BCUT2D eigenvalue weighted by molar-refractivity contribution is 9.11. The Balaban J connectivity index is 1.46. The van der Waals surface area contributed by atoms with E-state index < -0.39 is 67.0 Å². The van der Waals surface area contributed by atoms with Crippen molar-refractivity contribution in [2.45, 2.75) is 49.0 Å². The molecule has 0 amide bonds. The maximum absolute atomic E-state index is 14.6. The van der Waals surface area contributed by atoms with Crippen LogP contribution in [0.2, 0.25) is 0 Å². The molecule has 6 rings (SSSR count). The Morgan fingerprint density at radius 2 is 1.41 bits per heavy atom. The van der Waals surface area contributed by atoms with Gasteiger partial charge >= 0.3 is 11.9 Å². The van der Waals surface area contributed by atoms with Crippen LogP contribution >= 0.6 is 47.8 Å². The number of carbonyl (C=O) groups is 2. The second-order valence-electron chi connectivity index (χ2n) is 10.3. The Morgan fingerprint density at radius 3 is 1.90 bits per heavy atom. The highest BCUT2D eigenvalue weighted by Gasteiger charge is 2.63. The summed E-state index contributed by atoms with van der Waals surface area (Å²) in [6.45, 7) is 0. The van der Waals surface area contributed by atoms with E-state index in [1.165, 1.54) is 0 Å². The van der Waals surface area contributed by atoms with Gasteiger partial charge < -0.3 is 14.0 Å². The highest BCUT2D eigenvalue weighted by Crippen LogP contribution is 2.63. The maximum Gasteiger partial charge on any atom is 0.340 e. The molecule has 2 unspecified atom stereocenters. The van der Waals surface area contributed by atoms with Gasteiger partial charge in [0.15, 0.2) is 11.6 Å². The Kier molecular flexibility index (Phi) is 7.26. The van der Waals surface area contributed by atoms with Crippen LogP contribution < -0.4 is 4.74 Å². The van der Waals surface area contributed by atoms with Crippen LogP contribution in [0.4, 0.5) is 17.6 Å². The first-order valence-electron chi connectivity index (χ1n) is 11.5. The predicted octanol–water partition coefficient (Wildman–Crippen LogP) is 6.54. The predicted molar refractivity (Wildman–Crippen MR) is 135 cm³/mol. The molecule has 0 N–H and O–H groups in total. The topological polar surface area (TPSA) is 110 Å². The average molecular weight is 764 g/mol. The van der Waals surface area contributed by atoms with E-state index >= 15 is 0 Å². The number of ether oxygens (including phenoxy) is 2. The fourth-order valence-corrected chi connectivity index (χ4v) is 9.82. The van der Waals surface area contributed by atoms with Crippen molar-refractivity contribution >= 4 is 69.8 Å². The van der Waals surface area contributed by atoms with Crippen molar-refractivity contribution in [1.82, 2.24) is 0 Å². The molecule has 7 nitrogen and oxygen atoms in total. The number of carbonyl (C=O) groups excluding carboxylic acids is 2. The molecule has 0 aromatic heterocycles. The number of benzene rings is 2. The van der Waals surface area contributed by atoms with Crippen LogP contribution in [0.1, 0.15) is 48.9 Å². The standard InChI is InChI=1S/C24H17Br3F4O7S/c25-11-2-12(26)14(13(27)3-11)21(32)38-24-6-9-1-10(7-24)5-23(4-9,8-24)22(33)37-19-15(28)17(30)20(39(34,35)36)18(31)16(19)29/h2-3,9-10H,1,4-8H2,(H,34,35,36)/p-1. The molecule has 15 heteroatoms. The molecule has 2 aromatic carbocycles. The summed E-state index contributed by atoms with van der Waals surface area (Å²) in [7, 11) is -5.92. The summed E-state index contributed by atoms with van der Waals surface area (Å²) in [6.07, 6.45) is 2.02. The number of hydrogen-bond acceptors (Lipinski definition) is 7. The van der Waals surface area contributed by atoms with Gasteiger partial charge in [-0.1, -0.05) is 15.9 Å². The lowest BCUT2D eigenvalue weighted by atomic mass is 9.48. The van der Waals surface area contributed by atoms with Crippen LogP contribution in [0, 0.1) is 40.5 Å². The molecule has 4 fully saturated rings. The van der Waals surface area contributed by atoms with E-state index in [4.69, 9.17) is 9.47 Å². The summed E-state index contributed by atoms with van der Waals surface area (Å²) in [6, 6.07) is 3.31. The minimum Gasteiger partial charge on any atom is -0.744 e. The lowest BCUT2D eigenvalue weighted by molar-refractivity contribution is -0.190. The van der Waals surface area contributed by atoms with Gasteiger partial charge in [-0.3, -0.25) is 4.79 Å². The van der Waals surface area contributed by atoms with Gasteiger partial charge in [-0.2, -0.15) is 8.78 Å². The van der Waals surface area contributed by atoms with Gasteiger partial charge in [-0.25, -0.2) is 22.0 Å². The molecule has 39 heavy (non-hydrogen) atoms. The number of rotatable bonds is 5. The molecule has 2 aromatic rings. The van der Waals surface area contributed by atoms with Crippen molar-refractivity contribution in [2.24, 2.45) is 17.3 Å². The molecule has 4 aliphatic carbocycles. The Hall–Kier alpha value is -1.55. The number of esters is 2. The summed E-state index contributed by atoms with van der Waals surface area (Å²) >= 11 is 10.00. The first kappa shape index (κ1) is 29.0. The minimum atomic E-state index is -5.92. The van der Waals surface area contributed by atoms with E-state index in [2.05, 4.69) is 47.8 Å². The van der Waals surface area contributed by atoms with Gasteiger partial charge in [0, 0.05) is 19.8 Å². The van der Waals surface area contributed by atoms with Gasteiger partial charge in [-0.15, -0.1) is 0 Å². The molecule has 2 atom stereocenters. The number of halogens is 7. The third kappa shape index (κ3) is 4.95. The van der Waals surface area contributed by atoms with Gasteiger partial charge in [0.05, 0.1) is 11.0 Å². The van der Waals surface area contributed by atoms with Crippen LogP contribution in [0.15, 0.2) is 30.4 Å². The van der Waals surface area contributed by atoms with Crippen LogP contribution in [0.5, 0.6) is 5.75 Å². The zero-order chi connectivity index (χ0) is 28.7. The molecule has 0 spiro atoms. The smallest absolute Gasteiger partial charge is 0.340 e. The van der Waals surface area contributed by atoms with E-state index in [1.807, 2.05) is 0 Å². The van der Waals surface area contributed by atoms with Crippen molar-refractivity contribution in [3.63, 3.8) is 0 Å². The molecule has 0 heterocycles. The fraction of sp³-hybridized carbons (Fsp3) is 0.417. The average Bonchev–Trinajstić information content (AvgIpc) is 2.77. The zero-order valence-corrected chi connectivity index (χ0v) is 25.0. The van der Waals surface area contributed by atoms with Gasteiger partial charge in [0.25, 0.3) is 0 Å². The van der Waals surface area contributed by atoms with Crippen LogP contribution in [-0.4, -0.2) is 30.5 Å². The summed E-state index contributed by atoms with van der Waals surface area (Å²) in [5.41, 5.74) is -2.26. The second-order valence-corrected chi connectivity index (χ2v) is 14.3. The second kappa shape index (κ2) is 9.78. The van der Waals surface area contributed by atoms with E-state index in [-0.39, 0.29) is 36.7 Å². The first-order chi connectivity index (χ1) is 18.1. The van der Waals surface area contributed by atoms with Gasteiger partial charge in [0.2, 0.25) is 17.4 Å². The van der Waals surface area contributed by atoms with Crippen molar-refractivity contribution in [1.29, 1.82) is 0 Å². The summed E-state index contributed by atoms with van der Waals surface area (Å²) in [4.78, 5) is 24.3. The maximum atomic E-state index is 14.6. The summed E-state index contributed by atoms with van der Waals surface area (Å²) in [5, 5.41) is 0. The molecule has 0 saturated heterocycles. The minimum absolute atomic E-state index is 0.0510. The molecule has 4 aliphatic rings. The van der Waals surface area contributed by atoms with Crippen LogP contribution in [-0.2, 0) is 19.6 Å². The first-order valence-corrected chi connectivity index (χ1v) is 15.3. The van der Waals surface area contributed by atoms with Crippen molar-refractivity contribution < 1.29 is 49.6 Å². The Labute approximate surface area is 244 Å².